The summed E-state index contributed by atoms with van der Waals surface area (Å²) < 4.78 is 26.0. The molecule has 0 unspecified atom stereocenters. The Morgan fingerprint density at radius 2 is 1.95 bits per heavy atom. The summed E-state index contributed by atoms with van der Waals surface area (Å²) in [4.78, 5) is 15.4. The van der Waals surface area contributed by atoms with Gasteiger partial charge in [-0.1, -0.05) is 6.07 Å². The molecule has 1 aromatic carbocycles. The van der Waals surface area contributed by atoms with E-state index in [0.29, 0.717) is 22.6 Å². The van der Waals surface area contributed by atoms with Crippen LogP contribution in [0.15, 0.2) is 24.3 Å². The molecule has 0 fully saturated rings. The van der Waals surface area contributed by atoms with Gasteiger partial charge in [0.1, 0.15) is 5.56 Å². The van der Waals surface area contributed by atoms with E-state index < -0.39 is 17.6 Å². The zero-order valence-corrected chi connectivity index (χ0v) is 11.6. The number of hydrogen-bond donors (Lipinski definition) is 2. The highest BCUT2D eigenvalue weighted by Gasteiger charge is 2.15. The summed E-state index contributed by atoms with van der Waals surface area (Å²) in [6.45, 7) is 3.54. The summed E-state index contributed by atoms with van der Waals surface area (Å²) in [6, 6.07) is 5.15. The van der Waals surface area contributed by atoms with E-state index in [-0.39, 0.29) is 12.1 Å². The van der Waals surface area contributed by atoms with Gasteiger partial charge in [0.25, 0.3) is 0 Å². The second kappa shape index (κ2) is 5.87. The van der Waals surface area contributed by atoms with E-state index >= 15 is 0 Å². The molecule has 4 nitrogen and oxygen atoms in total. The Kier molecular flexibility index (Phi) is 4.16. The topological polar surface area (TPSA) is 62.2 Å². The zero-order chi connectivity index (χ0) is 15.6. The second-order valence-corrected chi connectivity index (χ2v) is 4.68. The highest BCUT2D eigenvalue weighted by atomic mass is 19.2. The number of halogens is 2. The third-order valence-corrected chi connectivity index (χ3v) is 3.01. The van der Waals surface area contributed by atoms with Crippen LogP contribution in [-0.4, -0.2) is 16.1 Å². The number of rotatable bonds is 4. The number of pyridine rings is 1. The fourth-order valence-electron chi connectivity index (χ4n) is 2.08. The Hall–Kier alpha value is -2.50. The van der Waals surface area contributed by atoms with Gasteiger partial charge < -0.3 is 10.4 Å². The van der Waals surface area contributed by atoms with Gasteiger partial charge in [0.05, 0.1) is 11.4 Å². The van der Waals surface area contributed by atoms with Crippen LogP contribution in [0, 0.1) is 25.5 Å². The van der Waals surface area contributed by atoms with Crippen LogP contribution in [0.5, 0.6) is 0 Å². The predicted molar refractivity (Wildman–Crippen MR) is 74.4 cm³/mol. The van der Waals surface area contributed by atoms with Gasteiger partial charge in [-0.15, -0.1) is 0 Å². The first-order valence-electron chi connectivity index (χ1n) is 6.28. The van der Waals surface area contributed by atoms with E-state index in [9.17, 15) is 18.7 Å². The summed E-state index contributed by atoms with van der Waals surface area (Å²) in [6.07, 6.45) is 0. The summed E-state index contributed by atoms with van der Waals surface area (Å²) in [5.74, 6) is -2.94. The monoisotopic (exact) mass is 292 g/mol. The van der Waals surface area contributed by atoms with Crippen molar-refractivity contribution in [3.8, 4) is 0 Å². The molecule has 0 saturated heterocycles. The lowest BCUT2D eigenvalue weighted by Crippen LogP contribution is -2.10. The van der Waals surface area contributed by atoms with Crippen molar-refractivity contribution in [1.29, 1.82) is 0 Å². The first-order chi connectivity index (χ1) is 9.88. The quantitative estimate of drug-likeness (QED) is 0.907. The van der Waals surface area contributed by atoms with E-state index in [0.717, 1.165) is 12.1 Å². The number of nitrogens with zero attached hydrogens (tertiary/aromatic N) is 1. The van der Waals surface area contributed by atoms with Gasteiger partial charge in [-0.05, 0) is 37.6 Å². The molecule has 6 heteroatoms. The molecule has 2 aromatic rings. The lowest BCUT2D eigenvalue weighted by atomic mass is 10.1. The van der Waals surface area contributed by atoms with Gasteiger partial charge in [0, 0.05) is 12.2 Å². The predicted octanol–water partition coefficient (Wildman–Crippen LogP) is 3.29. The van der Waals surface area contributed by atoms with Crippen LogP contribution in [0.1, 0.15) is 27.3 Å². The van der Waals surface area contributed by atoms with Crippen molar-refractivity contribution < 1.29 is 18.7 Å². The molecule has 0 saturated carbocycles. The molecule has 0 bridgehead atoms. The first kappa shape index (κ1) is 14.9. The van der Waals surface area contributed by atoms with E-state index in [1.54, 1.807) is 19.9 Å². The smallest absolute Gasteiger partial charge is 0.339 e. The van der Waals surface area contributed by atoms with Crippen molar-refractivity contribution in [2.24, 2.45) is 0 Å². The third kappa shape index (κ3) is 3.34. The van der Waals surface area contributed by atoms with Crippen molar-refractivity contribution in [3.63, 3.8) is 0 Å². The molecule has 0 radical (unpaired) electrons. The number of nitrogens with one attached hydrogen (secondary N) is 1. The normalized spacial score (nSPS) is 10.5. The average Bonchev–Trinajstić information content (AvgIpc) is 2.38. The Bertz CT molecular complexity index is 702. The number of aryl methyl sites for hydroxylation is 2. The summed E-state index contributed by atoms with van der Waals surface area (Å²) >= 11 is 0. The summed E-state index contributed by atoms with van der Waals surface area (Å²) in [7, 11) is 0. The highest BCUT2D eigenvalue weighted by molar-refractivity contribution is 5.95. The molecule has 0 aliphatic carbocycles. The minimum atomic E-state index is -1.09. The molecule has 0 aliphatic heterocycles. The Morgan fingerprint density at radius 1 is 1.24 bits per heavy atom. The van der Waals surface area contributed by atoms with Crippen LogP contribution in [0.3, 0.4) is 0 Å². The number of carbonyl (C=O) groups is 1. The number of aromatic nitrogens is 1. The largest absolute Gasteiger partial charge is 0.478 e. The molecule has 0 atom stereocenters. The SMILES string of the molecule is Cc1cc(NCc2ccc(F)c(F)c2)c(C(=O)O)c(C)n1. The van der Waals surface area contributed by atoms with Crippen molar-refractivity contribution in [3.05, 3.63) is 58.4 Å². The van der Waals surface area contributed by atoms with Gasteiger partial charge >= 0.3 is 5.97 Å². The Balaban J connectivity index is 2.27. The van der Waals surface area contributed by atoms with Crippen molar-refractivity contribution >= 4 is 11.7 Å². The van der Waals surface area contributed by atoms with Crippen LogP contribution in [0.25, 0.3) is 0 Å². The highest BCUT2D eigenvalue weighted by Crippen LogP contribution is 2.21. The van der Waals surface area contributed by atoms with E-state index in [2.05, 4.69) is 10.3 Å². The number of benzene rings is 1. The van der Waals surface area contributed by atoms with Crippen molar-refractivity contribution in [2.75, 3.05) is 5.32 Å². The minimum absolute atomic E-state index is 0.0724. The standard InChI is InChI=1S/C15H14F2N2O2/c1-8-5-13(14(15(20)21)9(2)19-8)18-7-10-3-4-11(16)12(17)6-10/h3-6H,7H2,1-2H3,(H,18,19)(H,20,21). The number of hydrogen-bond acceptors (Lipinski definition) is 3. The van der Waals surface area contributed by atoms with Gasteiger partial charge in [-0.2, -0.15) is 0 Å². The van der Waals surface area contributed by atoms with Crippen LogP contribution >= 0.6 is 0 Å². The van der Waals surface area contributed by atoms with Crippen molar-refractivity contribution in [1.82, 2.24) is 4.98 Å². The molecule has 110 valence electrons. The lowest BCUT2D eigenvalue weighted by Gasteiger charge is -2.12. The summed E-state index contributed by atoms with van der Waals surface area (Å²) in [5, 5.41) is 12.2. The molecule has 1 heterocycles. The molecular weight excluding hydrogens is 278 g/mol. The van der Waals surface area contributed by atoms with Gasteiger partial charge in [0.2, 0.25) is 0 Å². The number of aromatic carboxylic acids is 1. The molecule has 0 aliphatic rings. The molecule has 21 heavy (non-hydrogen) atoms. The molecule has 2 rings (SSSR count). The molecule has 0 spiro atoms. The first-order valence-corrected chi connectivity index (χ1v) is 6.28. The van der Waals surface area contributed by atoms with Crippen LogP contribution in [0.2, 0.25) is 0 Å². The van der Waals surface area contributed by atoms with E-state index in [1.807, 2.05) is 0 Å². The molecule has 2 N–H and O–H groups in total. The minimum Gasteiger partial charge on any atom is -0.478 e. The maximum absolute atomic E-state index is 13.1. The zero-order valence-electron chi connectivity index (χ0n) is 11.6. The molecular formula is C15H14F2N2O2. The molecule has 1 aromatic heterocycles. The fraction of sp³-hybridized carbons (Fsp3) is 0.200. The number of carboxylic acid groups (broad SMARTS) is 1. The average molecular weight is 292 g/mol. The number of anilines is 1. The third-order valence-electron chi connectivity index (χ3n) is 3.01. The maximum Gasteiger partial charge on any atom is 0.339 e. The second-order valence-electron chi connectivity index (χ2n) is 4.68. The Morgan fingerprint density at radius 3 is 2.57 bits per heavy atom. The Labute approximate surface area is 120 Å². The van der Waals surface area contributed by atoms with Gasteiger partial charge in [0.15, 0.2) is 11.6 Å². The maximum atomic E-state index is 13.1. The van der Waals surface area contributed by atoms with Crippen LogP contribution < -0.4 is 5.32 Å². The van der Waals surface area contributed by atoms with E-state index in [1.165, 1.54) is 6.07 Å². The summed E-state index contributed by atoms with van der Waals surface area (Å²) in [5.41, 5.74) is 2.05. The molecule has 0 amide bonds. The van der Waals surface area contributed by atoms with Gasteiger partial charge in [-0.25, -0.2) is 13.6 Å². The van der Waals surface area contributed by atoms with Crippen LogP contribution in [-0.2, 0) is 6.54 Å². The van der Waals surface area contributed by atoms with E-state index in [4.69, 9.17) is 0 Å². The van der Waals surface area contributed by atoms with Gasteiger partial charge in [-0.3, -0.25) is 4.98 Å². The van der Waals surface area contributed by atoms with Crippen molar-refractivity contribution in [2.45, 2.75) is 20.4 Å². The lowest BCUT2D eigenvalue weighted by molar-refractivity contribution is 0.0696. The van der Waals surface area contributed by atoms with Crippen LogP contribution in [0.4, 0.5) is 14.5 Å². The fourth-order valence-corrected chi connectivity index (χ4v) is 2.08. The number of carboxylic acids is 1.